The van der Waals surface area contributed by atoms with Crippen molar-refractivity contribution in [3.63, 3.8) is 0 Å². The van der Waals surface area contributed by atoms with Crippen LogP contribution >= 0.6 is 0 Å². The second kappa shape index (κ2) is 12.3. The number of allylic oxidation sites excluding steroid dienone is 6. The summed E-state index contributed by atoms with van der Waals surface area (Å²) in [6.45, 7) is 2.16. The van der Waals surface area contributed by atoms with Gasteiger partial charge in [-0.05, 0) is 43.8 Å². The summed E-state index contributed by atoms with van der Waals surface area (Å²) in [4.78, 5) is 0. The van der Waals surface area contributed by atoms with Crippen LogP contribution in [-0.4, -0.2) is 11.7 Å². The Bertz CT molecular complexity index is 337. The lowest BCUT2D eigenvalue weighted by Gasteiger charge is -1.84. The first kappa shape index (κ1) is 13.3. The second-order valence-corrected chi connectivity index (χ2v) is 2.69. The third-order valence-electron chi connectivity index (χ3n) is 1.41. The van der Waals surface area contributed by atoms with Crippen LogP contribution in [0, 0.1) is 23.7 Å². The van der Waals surface area contributed by atoms with E-state index in [1.165, 1.54) is 0 Å². The van der Waals surface area contributed by atoms with Gasteiger partial charge in [0.15, 0.2) is 0 Å². The lowest BCUT2D eigenvalue weighted by Crippen LogP contribution is -1.77. The van der Waals surface area contributed by atoms with E-state index in [2.05, 4.69) is 23.7 Å². The van der Waals surface area contributed by atoms with Crippen molar-refractivity contribution in [1.29, 1.82) is 0 Å². The van der Waals surface area contributed by atoms with E-state index in [1.807, 2.05) is 31.2 Å². The highest BCUT2D eigenvalue weighted by molar-refractivity contribution is 5.34. The fourth-order valence-corrected chi connectivity index (χ4v) is 0.726. The van der Waals surface area contributed by atoms with E-state index in [1.54, 1.807) is 12.2 Å². The number of hydrogen-bond donors (Lipinski definition) is 1. The van der Waals surface area contributed by atoms with Gasteiger partial charge < -0.3 is 5.11 Å². The molecule has 0 aliphatic rings. The average Bonchev–Trinajstić information content (AvgIpc) is 2.26. The molecule has 1 nitrogen and oxygen atoms in total. The Morgan fingerprint density at radius 2 is 1.80 bits per heavy atom. The summed E-state index contributed by atoms with van der Waals surface area (Å²) in [5.74, 6) is 11.0. The van der Waals surface area contributed by atoms with E-state index in [-0.39, 0.29) is 6.61 Å². The molecule has 0 aromatic carbocycles. The molecule has 0 atom stereocenters. The Morgan fingerprint density at radius 1 is 1.07 bits per heavy atom. The fraction of sp³-hybridized carbons (Fsp3) is 0.286. The van der Waals surface area contributed by atoms with Crippen LogP contribution in [0.15, 0.2) is 36.5 Å². The molecule has 0 spiro atoms. The summed E-state index contributed by atoms with van der Waals surface area (Å²) in [5, 5.41) is 8.51. The van der Waals surface area contributed by atoms with Crippen molar-refractivity contribution in [2.24, 2.45) is 0 Å². The molecule has 0 amide bonds. The van der Waals surface area contributed by atoms with Gasteiger partial charge in [-0.25, -0.2) is 0 Å². The third-order valence-corrected chi connectivity index (χ3v) is 1.41. The number of aliphatic hydroxyl groups excluding tert-OH is 1. The summed E-state index contributed by atoms with van der Waals surface area (Å²) in [5.41, 5.74) is 0. The lowest BCUT2D eigenvalue weighted by molar-refractivity contribution is 0.289. The normalized spacial score (nSPS) is 10.3. The van der Waals surface area contributed by atoms with Gasteiger partial charge in [0.05, 0.1) is 0 Å². The monoisotopic (exact) mass is 200 g/mol. The molecule has 0 unspecified atom stereocenters. The maximum atomic E-state index is 8.51. The first-order valence-electron chi connectivity index (χ1n) is 4.96. The molecule has 0 aliphatic heterocycles. The molecule has 0 saturated heterocycles. The van der Waals surface area contributed by atoms with E-state index < -0.39 is 0 Å². The summed E-state index contributed by atoms with van der Waals surface area (Å²) < 4.78 is 0. The summed E-state index contributed by atoms with van der Waals surface area (Å²) in [6, 6.07) is 0. The van der Waals surface area contributed by atoms with Gasteiger partial charge in [-0.15, -0.1) is 0 Å². The molecule has 0 bridgehead atoms. The number of unbranched alkanes of at least 4 members (excludes halogenated alkanes) is 1. The van der Waals surface area contributed by atoms with E-state index in [9.17, 15) is 0 Å². The van der Waals surface area contributed by atoms with E-state index in [0.717, 1.165) is 12.8 Å². The van der Waals surface area contributed by atoms with Crippen LogP contribution in [0.4, 0.5) is 0 Å². The largest absolute Gasteiger partial charge is 0.396 e. The Morgan fingerprint density at radius 3 is 2.47 bits per heavy atom. The predicted octanol–water partition coefficient (Wildman–Crippen LogP) is 2.45. The molecule has 1 heteroatoms. The van der Waals surface area contributed by atoms with Crippen molar-refractivity contribution < 1.29 is 5.11 Å². The molecular formula is C14H16O. The number of aliphatic hydroxyl groups is 1. The molecule has 0 radical (unpaired) electrons. The number of hydrogen-bond acceptors (Lipinski definition) is 1. The SMILES string of the molecule is C/C=C/C#CC#C/C=C\C=C\CCCO. The first-order valence-corrected chi connectivity index (χ1v) is 4.96. The average molecular weight is 200 g/mol. The minimum atomic E-state index is 0.244. The van der Waals surface area contributed by atoms with E-state index in [4.69, 9.17) is 5.11 Å². The van der Waals surface area contributed by atoms with Crippen LogP contribution in [0.25, 0.3) is 0 Å². The maximum Gasteiger partial charge on any atom is 0.0433 e. The van der Waals surface area contributed by atoms with Gasteiger partial charge in [-0.3, -0.25) is 0 Å². The van der Waals surface area contributed by atoms with Crippen LogP contribution in [0.1, 0.15) is 19.8 Å². The lowest BCUT2D eigenvalue weighted by atomic mass is 10.3. The molecule has 0 aliphatic carbocycles. The minimum absolute atomic E-state index is 0.244. The van der Waals surface area contributed by atoms with Gasteiger partial charge in [0.1, 0.15) is 0 Å². The van der Waals surface area contributed by atoms with Gasteiger partial charge >= 0.3 is 0 Å². The molecular weight excluding hydrogens is 184 g/mol. The van der Waals surface area contributed by atoms with Gasteiger partial charge in [0.2, 0.25) is 0 Å². The summed E-state index contributed by atoms with van der Waals surface area (Å²) in [6.07, 6.45) is 12.9. The third kappa shape index (κ3) is 12.3. The molecule has 0 aromatic heterocycles. The Labute approximate surface area is 92.2 Å². The minimum Gasteiger partial charge on any atom is -0.396 e. The molecule has 0 fully saturated rings. The molecule has 78 valence electrons. The van der Waals surface area contributed by atoms with Crippen molar-refractivity contribution in [3.05, 3.63) is 36.5 Å². The van der Waals surface area contributed by atoms with Crippen molar-refractivity contribution in [2.75, 3.05) is 6.61 Å². The van der Waals surface area contributed by atoms with Crippen molar-refractivity contribution in [2.45, 2.75) is 19.8 Å². The molecule has 1 N–H and O–H groups in total. The van der Waals surface area contributed by atoms with E-state index in [0.29, 0.717) is 0 Å². The summed E-state index contributed by atoms with van der Waals surface area (Å²) >= 11 is 0. The number of rotatable bonds is 4. The zero-order chi connectivity index (χ0) is 11.2. The molecule has 0 aromatic rings. The van der Waals surface area contributed by atoms with Gasteiger partial charge in [0.25, 0.3) is 0 Å². The zero-order valence-electron chi connectivity index (χ0n) is 9.03. The van der Waals surface area contributed by atoms with Gasteiger partial charge in [-0.2, -0.15) is 0 Å². The zero-order valence-corrected chi connectivity index (χ0v) is 9.03. The maximum absolute atomic E-state index is 8.51. The Balaban J connectivity index is 3.71. The van der Waals surface area contributed by atoms with Crippen LogP contribution in [-0.2, 0) is 0 Å². The van der Waals surface area contributed by atoms with Crippen molar-refractivity contribution in [3.8, 4) is 23.7 Å². The van der Waals surface area contributed by atoms with E-state index >= 15 is 0 Å². The van der Waals surface area contributed by atoms with Crippen LogP contribution in [0.3, 0.4) is 0 Å². The highest BCUT2D eigenvalue weighted by atomic mass is 16.2. The molecule has 0 saturated carbocycles. The quantitative estimate of drug-likeness (QED) is 0.420. The molecule has 15 heavy (non-hydrogen) atoms. The van der Waals surface area contributed by atoms with Crippen molar-refractivity contribution in [1.82, 2.24) is 0 Å². The van der Waals surface area contributed by atoms with Crippen LogP contribution in [0.2, 0.25) is 0 Å². The molecule has 0 heterocycles. The molecule has 0 rings (SSSR count). The smallest absolute Gasteiger partial charge is 0.0433 e. The van der Waals surface area contributed by atoms with Gasteiger partial charge in [-0.1, -0.05) is 36.1 Å². The standard InChI is InChI=1S/C14H16O/c1-2-3-4-5-6-7-8-9-10-11-12-13-14-15/h2-3,8-11,15H,12-14H2,1H3/b3-2+,9-8-,11-10+. The second-order valence-electron chi connectivity index (χ2n) is 2.69. The Hall–Kier alpha value is -1.70. The highest BCUT2D eigenvalue weighted by Crippen LogP contribution is 1.88. The summed E-state index contributed by atoms with van der Waals surface area (Å²) in [7, 11) is 0. The van der Waals surface area contributed by atoms with Crippen LogP contribution < -0.4 is 0 Å². The topological polar surface area (TPSA) is 20.2 Å². The fourth-order valence-electron chi connectivity index (χ4n) is 0.726. The van der Waals surface area contributed by atoms with Crippen LogP contribution in [0.5, 0.6) is 0 Å². The highest BCUT2D eigenvalue weighted by Gasteiger charge is 1.75. The van der Waals surface area contributed by atoms with Crippen molar-refractivity contribution >= 4 is 0 Å². The Kier molecular flexibility index (Phi) is 10.9. The predicted molar refractivity (Wildman–Crippen MR) is 65.0 cm³/mol. The van der Waals surface area contributed by atoms with Gasteiger partial charge in [0, 0.05) is 6.61 Å². The first-order chi connectivity index (χ1) is 7.41.